The van der Waals surface area contributed by atoms with Gasteiger partial charge in [-0.2, -0.15) is 0 Å². The lowest BCUT2D eigenvalue weighted by molar-refractivity contribution is -0.385. The molecule has 6 nitrogen and oxygen atoms in total. The van der Waals surface area contributed by atoms with Gasteiger partial charge in [0.1, 0.15) is 0 Å². The molecule has 22 heavy (non-hydrogen) atoms. The van der Waals surface area contributed by atoms with Crippen LogP contribution >= 0.6 is 0 Å². The van der Waals surface area contributed by atoms with E-state index < -0.39 is 14.8 Å². The van der Waals surface area contributed by atoms with E-state index in [1.807, 2.05) is 6.08 Å². The molecule has 1 aliphatic rings. The molecule has 1 aliphatic heterocycles. The monoisotopic (exact) mass is 324 g/mol. The first kappa shape index (κ1) is 16.6. The van der Waals surface area contributed by atoms with Gasteiger partial charge in [0.25, 0.3) is 5.69 Å². The van der Waals surface area contributed by atoms with Crippen LogP contribution in [0.3, 0.4) is 0 Å². The van der Waals surface area contributed by atoms with Crippen LogP contribution < -0.4 is 0 Å². The Bertz CT molecular complexity index is 670. The van der Waals surface area contributed by atoms with Crippen LogP contribution in [0.2, 0.25) is 0 Å². The van der Waals surface area contributed by atoms with Crippen LogP contribution in [-0.2, 0) is 9.84 Å². The molecule has 1 fully saturated rings. The molecule has 1 atom stereocenters. The Morgan fingerprint density at radius 1 is 1.36 bits per heavy atom. The number of para-hydroxylation sites is 1. The summed E-state index contributed by atoms with van der Waals surface area (Å²) in [5, 5.41) is 10.6. The molecule has 0 spiro atoms. The van der Waals surface area contributed by atoms with Crippen LogP contribution in [0.5, 0.6) is 0 Å². The first-order valence-electron chi connectivity index (χ1n) is 7.24. The number of nitrogens with zero attached hydrogens (tertiary/aromatic N) is 2. The first-order chi connectivity index (χ1) is 10.4. The van der Waals surface area contributed by atoms with E-state index in [1.165, 1.54) is 6.07 Å². The third-order valence-corrected chi connectivity index (χ3v) is 6.16. The lowest BCUT2D eigenvalue weighted by Crippen LogP contribution is -2.27. The molecule has 0 aromatic heterocycles. The van der Waals surface area contributed by atoms with E-state index in [9.17, 15) is 18.5 Å². The molecule has 0 bridgehead atoms. The average Bonchev–Trinajstić information content (AvgIpc) is 2.60. The molecule has 0 saturated carbocycles. The molecule has 1 aromatic rings. The summed E-state index contributed by atoms with van der Waals surface area (Å²) in [6.45, 7) is 3.58. The summed E-state index contributed by atoms with van der Waals surface area (Å²) in [6, 6.07) is 6.56. The number of sulfone groups is 1. The van der Waals surface area contributed by atoms with E-state index in [0.29, 0.717) is 25.1 Å². The summed E-state index contributed by atoms with van der Waals surface area (Å²) in [5.41, 5.74) is 0.633. The summed E-state index contributed by atoms with van der Waals surface area (Å²) >= 11 is 0. The minimum absolute atomic E-state index is 0.0748. The average molecular weight is 324 g/mol. The minimum atomic E-state index is -2.98. The van der Waals surface area contributed by atoms with Crippen LogP contribution in [0.4, 0.5) is 5.69 Å². The fourth-order valence-electron chi connectivity index (χ4n) is 2.42. The van der Waals surface area contributed by atoms with E-state index in [1.54, 1.807) is 31.2 Å². The highest BCUT2D eigenvalue weighted by atomic mass is 32.2. The minimum Gasteiger partial charge on any atom is -0.299 e. The zero-order valence-corrected chi connectivity index (χ0v) is 13.3. The van der Waals surface area contributed by atoms with Crippen LogP contribution in [0.1, 0.15) is 18.9 Å². The van der Waals surface area contributed by atoms with Crippen molar-refractivity contribution in [2.24, 2.45) is 0 Å². The standard InChI is InChI=1S/C15H20N2O4S/c1-13-8-10-16(11-12-22(13,20)21)9-4-6-14-5-2-3-7-15(14)17(18)19/h2-7,13H,8-12H2,1H3/b6-4+. The van der Waals surface area contributed by atoms with Gasteiger partial charge in [0, 0.05) is 19.2 Å². The Hall–Kier alpha value is -1.73. The van der Waals surface area contributed by atoms with Gasteiger partial charge >= 0.3 is 0 Å². The van der Waals surface area contributed by atoms with Gasteiger partial charge in [-0.05, 0) is 26.0 Å². The number of rotatable bonds is 4. The SMILES string of the molecule is CC1CCN(C/C=C/c2ccccc2[N+](=O)[O-])CCS1(=O)=O. The van der Waals surface area contributed by atoms with Crippen molar-refractivity contribution in [1.82, 2.24) is 4.90 Å². The lowest BCUT2D eigenvalue weighted by atomic mass is 10.1. The lowest BCUT2D eigenvalue weighted by Gasteiger charge is -2.16. The van der Waals surface area contributed by atoms with Crippen molar-refractivity contribution in [3.05, 3.63) is 46.0 Å². The zero-order chi connectivity index (χ0) is 16.2. The fourth-order valence-corrected chi connectivity index (χ4v) is 3.80. The van der Waals surface area contributed by atoms with Crippen molar-refractivity contribution in [3.63, 3.8) is 0 Å². The summed E-state index contributed by atoms with van der Waals surface area (Å²) in [7, 11) is -2.98. The Balaban J connectivity index is 2.00. The van der Waals surface area contributed by atoms with E-state index >= 15 is 0 Å². The van der Waals surface area contributed by atoms with Gasteiger partial charge in [-0.15, -0.1) is 0 Å². The molecule has 0 N–H and O–H groups in total. The van der Waals surface area contributed by atoms with E-state index in [-0.39, 0.29) is 16.7 Å². The predicted octanol–water partition coefficient (Wildman–Crippen LogP) is 2.12. The van der Waals surface area contributed by atoms with Gasteiger partial charge in [-0.1, -0.05) is 24.3 Å². The molecule has 0 amide bonds. The molecule has 1 saturated heterocycles. The maximum absolute atomic E-state index is 11.8. The van der Waals surface area contributed by atoms with Crippen molar-refractivity contribution < 1.29 is 13.3 Å². The molecule has 7 heteroatoms. The molecule has 0 aliphatic carbocycles. The Labute approximate surface area is 130 Å². The fraction of sp³-hybridized carbons (Fsp3) is 0.467. The van der Waals surface area contributed by atoms with Crippen LogP contribution in [0.25, 0.3) is 6.08 Å². The third-order valence-electron chi connectivity index (χ3n) is 3.95. The Morgan fingerprint density at radius 3 is 2.82 bits per heavy atom. The quantitative estimate of drug-likeness (QED) is 0.626. The summed E-state index contributed by atoms with van der Waals surface area (Å²) in [4.78, 5) is 12.6. The number of hydrogen-bond acceptors (Lipinski definition) is 5. The molecule has 1 heterocycles. The van der Waals surface area contributed by atoms with Crippen molar-refractivity contribution in [3.8, 4) is 0 Å². The Kier molecular flexibility index (Phi) is 5.31. The number of benzene rings is 1. The van der Waals surface area contributed by atoms with E-state index in [2.05, 4.69) is 4.90 Å². The maximum Gasteiger partial charge on any atom is 0.276 e. The summed E-state index contributed by atoms with van der Waals surface area (Å²) in [5.74, 6) is 0.174. The largest absolute Gasteiger partial charge is 0.299 e. The maximum atomic E-state index is 11.8. The second-order valence-corrected chi connectivity index (χ2v) is 8.02. The zero-order valence-electron chi connectivity index (χ0n) is 12.5. The number of nitro benzene ring substituents is 1. The van der Waals surface area contributed by atoms with Crippen LogP contribution in [0, 0.1) is 10.1 Å². The molecular weight excluding hydrogens is 304 g/mol. The highest BCUT2D eigenvalue weighted by molar-refractivity contribution is 7.92. The highest BCUT2D eigenvalue weighted by Crippen LogP contribution is 2.19. The van der Waals surface area contributed by atoms with E-state index in [0.717, 1.165) is 6.54 Å². The van der Waals surface area contributed by atoms with Crippen molar-refractivity contribution in [2.75, 3.05) is 25.4 Å². The normalized spacial score (nSPS) is 22.5. The second-order valence-electron chi connectivity index (χ2n) is 5.49. The van der Waals surface area contributed by atoms with Gasteiger partial charge in [0.15, 0.2) is 9.84 Å². The Morgan fingerprint density at radius 2 is 2.09 bits per heavy atom. The number of nitro groups is 1. The summed E-state index contributed by atoms with van der Waals surface area (Å²) < 4.78 is 23.7. The third kappa shape index (κ3) is 4.14. The summed E-state index contributed by atoms with van der Waals surface area (Å²) in [6.07, 6.45) is 4.20. The smallest absolute Gasteiger partial charge is 0.276 e. The molecule has 2 rings (SSSR count). The van der Waals surface area contributed by atoms with Gasteiger partial charge < -0.3 is 0 Å². The topological polar surface area (TPSA) is 80.5 Å². The van der Waals surface area contributed by atoms with Gasteiger partial charge in [0.05, 0.1) is 21.5 Å². The highest BCUT2D eigenvalue weighted by Gasteiger charge is 2.25. The molecule has 1 unspecified atom stereocenters. The van der Waals surface area contributed by atoms with Crippen LogP contribution in [-0.4, -0.2) is 48.9 Å². The molecule has 0 radical (unpaired) electrons. The van der Waals surface area contributed by atoms with Gasteiger partial charge in [0.2, 0.25) is 0 Å². The second kappa shape index (κ2) is 7.02. The van der Waals surface area contributed by atoms with Gasteiger partial charge in [-0.3, -0.25) is 15.0 Å². The molecule has 1 aromatic carbocycles. The van der Waals surface area contributed by atoms with Crippen molar-refractivity contribution in [1.29, 1.82) is 0 Å². The molecular formula is C15H20N2O4S. The number of hydrogen-bond donors (Lipinski definition) is 0. The first-order valence-corrected chi connectivity index (χ1v) is 8.95. The van der Waals surface area contributed by atoms with E-state index in [4.69, 9.17) is 0 Å². The van der Waals surface area contributed by atoms with Crippen molar-refractivity contribution >= 4 is 21.6 Å². The van der Waals surface area contributed by atoms with Crippen molar-refractivity contribution in [2.45, 2.75) is 18.6 Å². The molecule has 120 valence electrons. The van der Waals surface area contributed by atoms with Crippen LogP contribution in [0.15, 0.2) is 30.3 Å². The van der Waals surface area contributed by atoms with Gasteiger partial charge in [-0.25, -0.2) is 8.42 Å². The predicted molar refractivity (Wildman–Crippen MR) is 86.4 cm³/mol.